The summed E-state index contributed by atoms with van der Waals surface area (Å²) in [5, 5.41) is 9.60. The van der Waals surface area contributed by atoms with E-state index in [1.165, 1.54) is 18.2 Å². The Kier molecular flexibility index (Phi) is 13.4. The van der Waals surface area contributed by atoms with Gasteiger partial charge in [-0.25, -0.2) is 14.4 Å². The summed E-state index contributed by atoms with van der Waals surface area (Å²) in [6.07, 6.45) is -3.90. The molecule has 38 heavy (non-hydrogen) atoms. The summed E-state index contributed by atoms with van der Waals surface area (Å²) in [5.41, 5.74) is 6.29. The molecule has 0 aliphatic rings. The van der Waals surface area contributed by atoms with Crippen LogP contribution >= 0.6 is 0 Å². The van der Waals surface area contributed by atoms with E-state index < -0.39 is 54.7 Å². The van der Waals surface area contributed by atoms with E-state index in [0.29, 0.717) is 5.56 Å². The van der Waals surface area contributed by atoms with Crippen LogP contribution in [0.15, 0.2) is 18.2 Å². The van der Waals surface area contributed by atoms with Crippen LogP contribution < -0.4 is 15.2 Å². The minimum Gasteiger partial charge on any atom is -0.480 e. The molecular weight excluding hydrogens is 502 g/mol. The summed E-state index contributed by atoms with van der Waals surface area (Å²) in [7, 11) is 0. The number of benzene rings is 1. The van der Waals surface area contributed by atoms with E-state index in [4.69, 9.17) is 34.2 Å². The third-order valence-electron chi connectivity index (χ3n) is 5.23. The monoisotopic (exact) mass is 541 g/mol. The largest absolute Gasteiger partial charge is 0.514 e. The van der Waals surface area contributed by atoms with Gasteiger partial charge in [0.05, 0.1) is 18.8 Å². The average Bonchev–Trinajstić information content (AvgIpc) is 2.80. The molecule has 1 aromatic carbocycles. The Bertz CT molecular complexity index is 947. The molecule has 4 atom stereocenters. The van der Waals surface area contributed by atoms with E-state index in [1.54, 1.807) is 34.6 Å². The molecule has 3 unspecified atom stereocenters. The van der Waals surface area contributed by atoms with Gasteiger partial charge in [0.2, 0.25) is 0 Å². The smallest absolute Gasteiger partial charge is 0.480 e. The highest BCUT2D eigenvalue weighted by atomic mass is 16.8. The predicted octanol–water partition coefficient (Wildman–Crippen LogP) is 5.01. The first-order chi connectivity index (χ1) is 17.7. The number of carboxylic acid groups (broad SMARTS) is 1. The zero-order valence-corrected chi connectivity index (χ0v) is 22.9. The molecular formula is C26H39NO11. The fourth-order valence-corrected chi connectivity index (χ4v) is 3.13. The highest BCUT2D eigenvalue weighted by Crippen LogP contribution is 2.35. The summed E-state index contributed by atoms with van der Waals surface area (Å²) in [5.74, 6) is -2.43. The Morgan fingerprint density at radius 3 is 1.89 bits per heavy atom. The van der Waals surface area contributed by atoms with Gasteiger partial charge in [-0.15, -0.1) is 0 Å². The maximum atomic E-state index is 12.2. The lowest BCUT2D eigenvalue weighted by Gasteiger charge is -2.25. The van der Waals surface area contributed by atoms with Gasteiger partial charge in [0.25, 0.3) is 0 Å². The van der Waals surface area contributed by atoms with E-state index in [-0.39, 0.29) is 30.4 Å². The Hall–Kier alpha value is -3.54. The van der Waals surface area contributed by atoms with Crippen LogP contribution in [-0.2, 0) is 23.7 Å². The molecule has 1 rings (SSSR count). The molecule has 0 saturated carbocycles. The van der Waals surface area contributed by atoms with Crippen LogP contribution in [0.5, 0.6) is 11.5 Å². The second kappa shape index (κ2) is 15.7. The fourth-order valence-electron chi connectivity index (χ4n) is 3.13. The van der Waals surface area contributed by atoms with Crippen molar-refractivity contribution >= 4 is 24.4 Å². The number of rotatable bonds is 13. The molecule has 0 fully saturated rings. The number of aliphatic carboxylic acids is 1. The van der Waals surface area contributed by atoms with Crippen molar-refractivity contribution < 1.29 is 52.7 Å². The zero-order valence-electron chi connectivity index (χ0n) is 22.9. The van der Waals surface area contributed by atoms with Gasteiger partial charge < -0.3 is 39.3 Å². The van der Waals surface area contributed by atoms with E-state index in [2.05, 4.69) is 0 Å². The van der Waals surface area contributed by atoms with Crippen molar-refractivity contribution in [2.45, 2.75) is 91.6 Å². The summed E-state index contributed by atoms with van der Waals surface area (Å²) in [4.78, 5) is 48.1. The van der Waals surface area contributed by atoms with Crippen LogP contribution in [0.3, 0.4) is 0 Å². The second-order valence-corrected chi connectivity index (χ2v) is 9.45. The normalized spacial score (nSPS) is 14.2. The molecule has 0 amide bonds. The summed E-state index contributed by atoms with van der Waals surface area (Å²) in [6, 6.07) is 2.66. The lowest BCUT2D eigenvalue weighted by atomic mass is 9.87. The van der Waals surface area contributed by atoms with Crippen molar-refractivity contribution in [2.24, 2.45) is 11.7 Å². The Balaban J connectivity index is 3.25. The molecule has 0 saturated heterocycles. The van der Waals surface area contributed by atoms with E-state index >= 15 is 0 Å². The third kappa shape index (κ3) is 11.7. The summed E-state index contributed by atoms with van der Waals surface area (Å²) in [6.45, 7) is 12.1. The summed E-state index contributed by atoms with van der Waals surface area (Å²) >= 11 is 0. The van der Waals surface area contributed by atoms with Gasteiger partial charge in [-0.05, 0) is 64.7 Å². The van der Waals surface area contributed by atoms with E-state index in [0.717, 1.165) is 6.42 Å². The molecule has 0 spiro atoms. The van der Waals surface area contributed by atoms with Crippen molar-refractivity contribution in [2.75, 3.05) is 6.61 Å². The number of hydrogen-bond acceptors (Lipinski definition) is 11. The minimum atomic E-state index is -1.41. The van der Waals surface area contributed by atoms with Gasteiger partial charge >= 0.3 is 24.4 Å². The first-order valence-corrected chi connectivity index (χ1v) is 12.5. The van der Waals surface area contributed by atoms with Crippen molar-refractivity contribution in [1.29, 1.82) is 0 Å². The zero-order chi connectivity index (χ0) is 29.0. The maximum Gasteiger partial charge on any atom is 0.514 e. The van der Waals surface area contributed by atoms with Crippen LogP contribution in [0.1, 0.15) is 72.8 Å². The van der Waals surface area contributed by atoms with Crippen molar-refractivity contribution in [3.8, 4) is 11.5 Å². The number of carbonyl (C=O) groups is 4. The highest BCUT2D eigenvalue weighted by Gasteiger charge is 2.30. The number of nitrogens with two attached hydrogens (primary N) is 1. The molecule has 0 aliphatic heterocycles. The third-order valence-corrected chi connectivity index (χ3v) is 5.23. The predicted molar refractivity (Wildman–Crippen MR) is 135 cm³/mol. The highest BCUT2D eigenvalue weighted by molar-refractivity contribution is 5.75. The van der Waals surface area contributed by atoms with Crippen LogP contribution in [-0.4, -0.2) is 60.5 Å². The van der Waals surface area contributed by atoms with Gasteiger partial charge in [0.15, 0.2) is 11.5 Å². The SMILES string of the molecule is CCC(C)COC(=O)OC(C)CC(c1ccc(OC(=O)OC(C)C)c(OC(=O)OC(C)C)c1)[C@H](N)C(=O)O. The molecule has 0 radical (unpaired) electrons. The number of hydrogen-bond donors (Lipinski definition) is 2. The molecule has 1 aromatic rings. The maximum absolute atomic E-state index is 12.2. The van der Waals surface area contributed by atoms with Crippen LogP contribution in [0, 0.1) is 5.92 Å². The molecule has 0 bridgehead atoms. The number of carbonyl (C=O) groups excluding carboxylic acids is 3. The Labute approximate surface area is 222 Å². The van der Waals surface area contributed by atoms with Gasteiger partial charge in [0.1, 0.15) is 12.1 Å². The molecule has 214 valence electrons. The van der Waals surface area contributed by atoms with Crippen LogP contribution in [0.2, 0.25) is 0 Å². The van der Waals surface area contributed by atoms with Crippen molar-refractivity contribution in [3.63, 3.8) is 0 Å². The van der Waals surface area contributed by atoms with E-state index in [1.807, 2.05) is 13.8 Å². The Morgan fingerprint density at radius 2 is 1.39 bits per heavy atom. The first-order valence-electron chi connectivity index (χ1n) is 12.5. The molecule has 0 aromatic heterocycles. The fraction of sp³-hybridized carbons (Fsp3) is 0.615. The van der Waals surface area contributed by atoms with Gasteiger partial charge in [-0.1, -0.05) is 26.3 Å². The van der Waals surface area contributed by atoms with Crippen molar-refractivity contribution in [3.05, 3.63) is 23.8 Å². The van der Waals surface area contributed by atoms with Gasteiger partial charge in [-0.3, -0.25) is 4.79 Å². The Morgan fingerprint density at radius 1 is 0.842 bits per heavy atom. The van der Waals surface area contributed by atoms with Crippen LogP contribution in [0.25, 0.3) is 0 Å². The lowest BCUT2D eigenvalue weighted by Crippen LogP contribution is -2.38. The molecule has 0 heterocycles. The first kappa shape index (κ1) is 32.5. The standard InChI is InChI=1S/C26H39NO11/c1-8-16(6)13-33-24(30)36-17(7)11-19(22(27)23(28)29)18-9-10-20(37-25(31)34-14(2)3)21(12-18)38-26(32)35-15(4)5/h9-10,12,14-17,19,22H,8,11,13,27H2,1-7H3,(H,28,29)/t16?,17?,19?,22-/m0/s1. The van der Waals surface area contributed by atoms with Gasteiger partial charge in [0, 0.05) is 5.92 Å². The second-order valence-electron chi connectivity index (χ2n) is 9.45. The number of ether oxygens (including phenoxy) is 6. The quantitative estimate of drug-likeness (QED) is 0.195. The molecule has 3 N–H and O–H groups in total. The minimum absolute atomic E-state index is 0.00261. The molecule has 0 aliphatic carbocycles. The molecule has 12 nitrogen and oxygen atoms in total. The van der Waals surface area contributed by atoms with Crippen LogP contribution in [0.4, 0.5) is 14.4 Å². The lowest BCUT2D eigenvalue weighted by molar-refractivity contribution is -0.139. The van der Waals surface area contributed by atoms with Crippen molar-refractivity contribution in [1.82, 2.24) is 0 Å². The van der Waals surface area contributed by atoms with Gasteiger partial charge in [-0.2, -0.15) is 0 Å². The van der Waals surface area contributed by atoms with E-state index in [9.17, 15) is 24.3 Å². The average molecular weight is 542 g/mol. The topological polar surface area (TPSA) is 170 Å². The molecule has 12 heteroatoms. The summed E-state index contributed by atoms with van der Waals surface area (Å²) < 4.78 is 30.7. The number of carboxylic acids is 1.